The standard InChI is InChI=1S/C29H32Cl2N4O4/c1-33-27(37)9-7-21(18-36)35-17-23-22(28(35)38)4-2-5-26(23)39-15-3-12-34-13-10-29(19-32,11-14-34)24-8-6-20(30)16-25(24)31/h2,4-6,8,16,18,21H,3,7,9-15,17H2,1H3,(H,33,37). The van der Waals surface area contributed by atoms with Gasteiger partial charge in [0.2, 0.25) is 5.91 Å². The molecule has 206 valence electrons. The molecule has 1 fully saturated rings. The van der Waals surface area contributed by atoms with Gasteiger partial charge in [0, 0.05) is 41.2 Å². The summed E-state index contributed by atoms with van der Waals surface area (Å²) in [6, 6.07) is 12.5. The molecule has 0 spiro atoms. The molecular weight excluding hydrogens is 539 g/mol. The minimum absolute atomic E-state index is 0.169. The van der Waals surface area contributed by atoms with E-state index >= 15 is 0 Å². The highest BCUT2D eigenvalue weighted by Crippen LogP contribution is 2.39. The van der Waals surface area contributed by atoms with Crippen molar-refractivity contribution in [3.05, 3.63) is 63.1 Å². The summed E-state index contributed by atoms with van der Waals surface area (Å²) in [5, 5.41) is 13.6. The highest BCUT2D eigenvalue weighted by atomic mass is 35.5. The Balaban J connectivity index is 1.29. The van der Waals surface area contributed by atoms with E-state index in [-0.39, 0.29) is 31.2 Å². The number of carbonyl (C=O) groups is 3. The first-order valence-electron chi connectivity index (χ1n) is 13.1. The van der Waals surface area contributed by atoms with Gasteiger partial charge in [-0.2, -0.15) is 5.26 Å². The number of likely N-dealkylation sites (tertiary alicyclic amines) is 1. The maximum absolute atomic E-state index is 13.0. The zero-order valence-corrected chi connectivity index (χ0v) is 23.4. The Kier molecular flexibility index (Phi) is 9.49. The van der Waals surface area contributed by atoms with Crippen molar-refractivity contribution >= 4 is 41.3 Å². The van der Waals surface area contributed by atoms with Crippen molar-refractivity contribution in [3.8, 4) is 11.8 Å². The lowest BCUT2D eigenvalue weighted by atomic mass is 9.74. The number of aldehydes is 1. The zero-order valence-electron chi connectivity index (χ0n) is 21.9. The number of ether oxygens (including phenoxy) is 1. The van der Waals surface area contributed by atoms with Crippen molar-refractivity contribution in [3.63, 3.8) is 0 Å². The molecule has 4 rings (SSSR count). The number of hydrogen-bond acceptors (Lipinski definition) is 6. The van der Waals surface area contributed by atoms with Crippen molar-refractivity contribution in [1.82, 2.24) is 15.1 Å². The van der Waals surface area contributed by atoms with E-state index in [0.717, 1.165) is 43.5 Å². The van der Waals surface area contributed by atoms with Crippen LogP contribution in [0.4, 0.5) is 0 Å². The fourth-order valence-corrected chi connectivity index (χ4v) is 5.97. The lowest BCUT2D eigenvalue weighted by Crippen LogP contribution is -2.42. The Morgan fingerprint density at radius 2 is 2.03 bits per heavy atom. The number of nitrogens with one attached hydrogen (secondary N) is 1. The predicted molar refractivity (Wildman–Crippen MR) is 149 cm³/mol. The van der Waals surface area contributed by atoms with Gasteiger partial charge in [0.25, 0.3) is 5.91 Å². The maximum Gasteiger partial charge on any atom is 0.255 e. The van der Waals surface area contributed by atoms with Crippen LogP contribution < -0.4 is 10.1 Å². The summed E-state index contributed by atoms with van der Waals surface area (Å²) in [4.78, 5) is 40.2. The van der Waals surface area contributed by atoms with Crippen LogP contribution in [-0.2, 0) is 21.5 Å². The molecule has 0 saturated carbocycles. The molecule has 1 saturated heterocycles. The molecule has 2 aliphatic rings. The van der Waals surface area contributed by atoms with Gasteiger partial charge in [-0.3, -0.25) is 9.59 Å². The number of fused-ring (bicyclic) bond motifs is 1. The van der Waals surface area contributed by atoms with Gasteiger partial charge in [0.15, 0.2) is 0 Å². The third-order valence-electron chi connectivity index (χ3n) is 7.70. The molecule has 2 aromatic rings. The Morgan fingerprint density at radius 3 is 2.69 bits per heavy atom. The minimum Gasteiger partial charge on any atom is -0.493 e. The topological polar surface area (TPSA) is 103 Å². The largest absolute Gasteiger partial charge is 0.493 e. The first-order chi connectivity index (χ1) is 18.8. The molecule has 0 bridgehead atoms. The molecule has 1 unspecified atom stereocenters. The van der Waals surface area contributed by atoms with Crippen molar-refractivity contribution < 1.29 is 19.1 Å². The molecule has 39 heavy (non-hydrogen) atoms. The number of nitrogens with zero attached hydrogens (tertiary/aromatic N) is 3. The average molecular weight is 572 g/mol. The van der Waals surface area contributed by atoms with E-state index < -0.39 is 11.5 Å². The normalized spacial score (nSPS) is 17.3. The monoisotopic (exact) mass is 570 g/mol. The van der Waals surface area contributed by atoms with Crippen LogP contribution >= 0.6 is 23.2 Å². The van der Waals surface area contributed by atoms with Crippen LogP contribution in [0.1, 0.15) is 53.6 Å². The highest BCUT2D eigenvalue weighted by Gasteiger charge is 2.38. The second-order valence-electron chi connectivity index (χ2n) is 9.99. The molecule has 2 heterocycles. The Hall–Kier alpha value is -3.12. The van der Waals surface area contributed by atoms with Crippen LogP contribution in [0.2, 0.25) is 10.0 Å². The van der Waals surface area contributed by atoms with Gasteiger partial charge >= 0.3 is 0 Å². The minimum atomic E-state index is -0.669. The second-order valence-corrected chi connectivity index (χ2v) is 10.8. The van der Waals surface area contributed by atoms with E-state index in [1.54, 1.807) is 31.3 Å². The molecule has 8 nitrogen and oxygen atoms in total. The molecule has 2 aromatic carbocycles. The van der Waals surface area contributed by atoms with Gasteiger partial charge in [0.1, 0.15) is 12.0 Å². The van der Waals surface area contributed by atoms with Gasteiger partial charge < -0.3 is 24.6 Å². The summed E-state index contributed by atoms with van der Waals surface area (Å²) in [6.07, 6.45) is 3.33. The third kappa shape index (κ3) is 6.38. The number of amides is 2. The van der Waals surface area contributed by atoms with Gasteiger partial charge in [-0.05, 0) is 68.6 Å². The van der Waals surface area contributed by atoms with Crippen molar-refractivity contribution in [1.29, 1.82) is 5.26 Å². The van der Waals surface area contributed by atoms with E-state index in [2.05, 4.69) is 16.3 Å². The van der Waals surface area contributed by atoms with E-state index in [1.807, 2.05) is 12.1 Å². The quantitative estimate of drug-likeness (QED) is 0.318. The lowest BCUT2D eigenvalue weighted by Gasteiger charge is -2.38. The number of benzene rings is 2. The maximum atomic E-state index is 13.0. The summed E-state index contributed by atoms with van der Waals surface area (Å²) < 4.78 is 6.08. The van der Waals surface area contributed by atoms with Crippen molar-refractivity contribution in [2.45, 2.75) is 50.1 Å². The SMILES string of the molecule is CNC(=O)CCC(C=O)N1Cc2c(OCCCN3CCC(C#N)(c4ccc(Cl)cc4Cl)CC3)cccc2C1=O. The van der Waals surface area contributed by atoms with Crippen LogP contribution in [-0.4, -0.2) is 67.2 Å². The summed E-state index contributed by atoms with van der Waals surface area (Å²) in [5.41, 5.74) is 1.53. The summed E-state index contributed by atoms with van der Waals surface area (Å²) in [7, 11) is 1.54. The van der Waals surface area contributed by atoms with E-state index in [1.165, 1.54) is 4.90 Å². The van der Waals surface area contributed by atoms with Crippen LogP contribution in [0.3, 0.4) is 0 Å². The van der Waals surface area contributed by atoms with Crippen molar-refractivity contribution in [2.75, 3.05) is 33.3 Å². The molecule has 10 heteroatoms. The molecule has 0 radical (unpaired) electrons. The number of piperidine rings is 1. The van der Waals surface area contributed by atoms with E-state index in [0.29, 0.717) is 40.8 Å². The van der Waals surface area contributed by atoms with Gasteiger partial charge in [-0.15, -0.1) is 0 Å². The molecule has 2 aliphatic heterocycles. The summed E-state index contributed by atoms with van der Waals surface area (Å²) in [5.74, 6) is 0.245. The van der Waals surface area contributed by atoms with Crippen LogP contribution in [0.25, 0.3) is 0 Å². The fourth-order valence-electron chi connectivity index (χ4n) is 5.38. The van der Waals surface area contributed by atoms with Crippen LogP contribution in [0, 0.1) is 11.3 Å². The third-order valence-corrected chi connectivity index (χ3v) is 8.25. The highest BCUT2D eigenvalue weighted by molar-refractivity contribution is 6.35. The number of carbonyl (C=O) groups excluding carboxylic acids is 3. The average Bonchev–Trinajstić information content (AvgIpc) is 3.28. The molecule has 1 N–H and O–H groups in total. The smallest absolute Gasteiger partial charge is 0.255 e. The second kappa shape index (κ2) is 12.8. The fraction of sp³-hybridized carbons (Fsp3) is 0.448. The Bertz CT molecular complexity index is 1270. The van der Waals surface area contributed by atoms with E-state index in [9.17, 15) is 19.6 Å². The first-order valence-corrected chi connectivity index (χ1v) is 13.9. The predicted octanol–water partition coefficient (Wildman–Crippen LogP) is 4.37. The van der Waals surface area contributed by atoms with E-state index in [4.69, 9.17) is 27.9 Å². The zero-order chi connectivity index (χ0) is 28.0. The van der Waals surface area contributed by atoms with Gasteiger partial charge in [-0.25, -0.2) is 0 Å². The first kappa shape index (κ1) is 28.9. The Morgan fingerprint density at radius 1 is 1.26 bits per heavy atom. The molecule has 1 atom stereocenters. The van der Waals surface area contributed by atoms with Gasteiger partial charge in [-0.1, -0.05) is 35.3 Å². The molecule has 0 aromatic heterocycles. The molecule has 0 aliphatic carbocycles. The molecule has 2 amide bonds. The Labute approximate surface area is 238 Å². The van der Waals surface area contributed by atoms with Crippen LogP contribution in [0.15, 0.2) is 36.4 Å². The lowest BCUT2D eigenvalue weighted by molar-refractivity contribution is -0.121. The summed E-state index contributed by atoms with van der Waals surface area (Å²) in [6.45, 7) is 3.13. The number of nitriles is 1. The molecular formula is C29H32Cl2N4O4. The van der Waals surface area contributed by atoms with Gasteiger partial charge in [0.05, 0.1) is 30.7 Å². The van der Waals surface area contributed by atoms with Crippen LogP contribution in [0.5, 0.6) is 5.75 Å². The summed E-state index contributed by atoms with van der Waals surface area (Å²) >= 11 is 12.5. The number of halogens is 2. The number of rotatable bonds is 11. The number of hydrogen-bond donors (Lipinski definition) is 1. The van der Waals surface area contributed by atoms with Crippen molar-refractivity contribution in [2.24, 2.45) is 0 Å².